The Hall–Kier alpha value is -2.68. The van der Waals surface area contributed by atoms with Crippen LogP contribution in [0.25, 0.3) is 33.3 Å². The van der Waals surface area contributed by atoms with Crippen LogP contribution in [0.2, 0.25) is 0 Å². The van der Waals surface area contributed by atoms with Crippen LogP contribution in [-0.4, -0.2) is 9.97 Å². The summed E-state index contributed by atoms with van der Waals surface area (Å²) in [5, 5.41) is 1.82. The Kier molecular flexibility index (Phi) is 2.69. The molecule has 3 aromatic heterocycles. The Morgan fingerprint density at radius 3 is 2.88 bits per heavy atom. The minimum atomic E-state index is -1.59. The standard InChI is InChI=1S/C22H20N2O/c1-14-9-11-20(23-13-14)18-8-4-7-16-17-10-12-19(15-5-2-3-6-15)24-22(17)25-21(16)18/h4,7-13,15H,2-3,5-6H2,1H3/i5D2,15D. The van der Waals surface area contributed by atoms with Crippen molar-refractivity contribution in [3.63, 3.8) is 0 Å². The Morgan fingerprint density at radius 1 is 1.12 bits per heavy atom. The number of nitrogens with zero attached hydrogens (tertiary/aromatic N) is 2. The Morgan fingerprint density at radius 2 is 2.08 bits per heavy atom. The van der Waals surface area contributed by atoms with Crippen molar-refractivity contribution < 1.29 is 8.53 Å². The first-order valence-corrected chi connectivity index (χ1v) is 8.65. The van der Waals surface area contributed by atoms with Crippen LogP contribution in [0, 0.1) is 6.92 Å². The second kappa shape index (κ2) is 5.69. The van der Waals surface area contributed by atoms with Gasteiger partial charge in [0.25, 0.3) is 0 Å². The smallest absolute Gasteiger partial charge is 0.227 e. The predicted molar refractivity (Wildman–Crippen MR) is 101 cm³/mol. The molecule has 3 heteroatoms. The molecule has 1 saturated carbocycles. The van der Waals surface area contributed by atoms with Crippen molar-refractivity contribution in [2.24, 2.45) is 0 Å². The molecule has 1 aliphatic rings. The summed E-state index contributed by atoms with van der Waals surface area (Å²) >= 11 is 0. The zero-order chi connectivity index (χ0) is 19.5. The molecule has 1 atom stereocenters. The van der Waals surface area contributed by atoms with Gasteiger partial charge in [0.2, 0.25) is 5.71 Å². The molecular formula is C22H20N2O. The molecule has 4 aromatic rings. The third-order valence-corrected chi connectivity index (χ3v) is 4.80. The van der Waals surface area contributed by atoms with E-state index >= 15 is 0 Å². The van der Waals surface area contributed by atoms with Crippen LogP contribution >= 0.6 is 0 Å². The van der Waals surface area contributed by atoms with Crippen molar-refractivity contribution in [1.82, 2.24) is 9.97 Å². The molecule has 0 saturated heterocycles. The molecule has 1 fully saturated rings. The normalized spacial score (nSPS) is 24.3. The average molecular weight is 331 g/mol. The van der Waals surface area contributed by atoms with E-state index in [0.717, 1.165) is 27.6 Å². The summed E-state index contributed by atoms with van der Waals surface area (Å²) < 4.78 is 31.4. The highest BCUT2D eigenvalue weighted by Crippen LogP contribution is 2.37. The van der Waals surface area contributed by atoms with Crippen LogP contribution in [0.15, 0.2) is 53.1 Å². The van der Waals surface area contributed by atoms with Crippen LogP contribution in [0.4, 0.5) is 0 Å². The van der Waals surface area contributed by atoms with E-state index in [1.54, 1.807) is 6.07 Å². The van der Waals surface area contributed by atoms with Crippen LogP contribution in [0.1, 0.15) is 46.9 Å². The molecule has 3 nitrogen and oxygen atoms in total. The molecule has 0 spiro atoms. The third kappa shape index (κ3) is 2.42. The van der Waals surface area contributed by atoms with Gasteiger partial charge >= 0.3 is 0 Å². The van der Waals surface area contributed by atoms with Gasteiger partial charge in [-0.15, -0.1) is 0 Å². The zero-order valence-electron chi connectivity index (χ0n) is 17.0. The first kappa shape index (κ1) is 11.8. The minimum absolute atomic E-state index is 0.388. The quantitative estimate of drug-likeness (QED) is 0.451. The highest BCUT2D eigenvalue weighted by atomic mass is 16.3. The Labute approximate surface area is 150 Å². The fourth-order valence-electron chi connectivity index (χ4n) is 3.49. The van der Waals surface area contributed by atoms with E-state index < -0.39 is 12.3 Å². The lowest BCUT2D eigenvalue weighted by Crippen LogP contribution is -1.95. The summed E-state index contributed by atoms with van der Waals surface area (Å²) in [7, 11) is 0. The van der Waals surface area contributed by atoms with Crippen LogP contribution < -0.4 is 0 Å². The maximum atomic E-state index is 8.74. The highest BCUT2D eigenvalue weighted by molar-refractivity contribution is 6.08. The summed E-state index contributed by atoms with van der Waals surface area (Å²) in [4.78, 5) is 9.12. The first-order valence-electron chi connectivity index (χ1n) is 10.1. The van der Waals surface area contributed by atoms with E-state index in [-0.39, 0.29) is 0 Å². The molecule has 0 radical (unpaired) electrons. The Balaban J connectivity index is 1.70. The molecule has 1 unspecified atom stereocenters. The summed E-state index contributed by atoms with van der Waals surface area (Å²) in [6.07, 6.45) is 1.80. The Bertz CT molecular complexity index is 1200. The molecule has 0 amide bonds. The van der Waals surface area contributed by atoms with E-state index in [1.807, 2.05) is 49.5 Å². The van der Waals surface area contributed by atoms with Gasteiger partial charge in [0.15, 0.2) is 0 Å². The number of fused-ring (bicyclic) bond motifs is 3. The summed E-state index contributed by atoms with van der Waals surface area (Å²) in [6.45, 7) is 2.00. The summed E-state index contributed by atoms with van der Waals surface area (Å²) in [5.74, 6) is -1.33. The van der Waals surface area contributed by atoms with Gasteiger partial charge in [0.05, 0.1) is 5.69 Å². The number of rotatable bonds is 2. The number of aryl methyl sites for hydroxylation is 1. The van der Waals surface area contributed by atoms with E-state index in [9.17, 15) is 0 Å². The first-order chi connectivity index (χ1) is 13.4. The second-order valence-electron chi connectivity index (χ2n) is 6.56. The second-order valence-corrected chi connectivity index (χ2v) is 6.56. The van der Waals surface area contributed by atoms with Crippen molar-refractivity contribution >= 4 is 22.1 Å². The maximum Gasteiger partial charge on any atom is 0.227 e. The topological polar surface area (TPSA) is 38.9 Å². The van der Waals surface area contributed by atoms with Crippen molar-refractivity contribution in [2.75, 3.05) is 0 Å². The summed E-state index contributed by atoms with van der Waals surface area (Å²) in [5.41, 5.74) is 4.43. The lowest BCUT2D eigenvalue weighted by atomic mass is 10.0. The van der Waals surface area contributed by atoms with Crippen LogP contribution in [0.3, 0.4) is 0 Å². The van der Waals surface area contributed by atoms with Gasteiger partial charge in [-0.2, -0.15) is 0 Å². The van der Waals surface area contributed by atoms with Gasteiger partial charge in [-0.3, -0.25) is 4.98 Å². The maximum absolute atomic E-state index is 8.74. The van der Waals surface area contributed by atoms with E-state index in [0.29, 0.717) is 36.3 Å². The van der Waals surface area contributed by atoms with Crippen molar-refractivity contribution in [3.05, 3.63) is 59.9 Å². The number of para-hydroxylation sites is 1. The number of benzene rings is 1. The van der Waals surface area contributed by atoms with Crippen molar-refractivity contribution in [2.45, 2.75) is 38.5 Å². The zero-order valence-corrected chi connectivity index (χ0v) is 14.0. The van der Waals surface area contributed by atoms with Gasteiger partial charge in [-0.05, 0) is 49.5 Å². The van der Waals surface area contributed by atoms with Crippen LogP contribution in [0.5, 0.6) is 0 Å². The number of hydrogen-bond donors (Lipinski definition) is 0. The van der Waals surface area contributed by atoms with Crippen molar-refractivity contribution in [1.29, 1.82) is 0 Å². The molecule has 0 aliphatic heterocycles. The highest BCUT2D eigenvalue weighted by Gasteiger charge is 2.20. The molecular weight excluding hydrogens is 308 g/mol. The molecule has 1 aliphatic carbocycles. The third-order valence-electron chi connectivity index (χ3n) is 4.80. The average Bonchev–Trinajstić information content (AvgIpc) is 3.19. The number of aromatic nitrogens is 2. The molecule has 0 N–H and O–H groups in total. The number of pyridine rings is 2. The fourth-order valence-corrected chi connectivity index (χ4v) is 3.49. The molecule has 5 rings (SSSR count). The largest absolute Gasteiger partial charge is 0.437 e. The summed E-state index contributed by atoms with van der Waals surface area (Å²) in [6, 6.07) is 13.6. The molecule has 124 valence electrons. The van der Waals surface area contributed by atoms with E-state index in [4.69, 9.17) is 8.53 Å². The van der Waals surface area contributed by atoms with Gasteiger partial charge in [0, 0.05) is 38.2 Å². The van der Waals surface area contributed by atoms with Gasteiger partial charge in [-0.1, -0.05) is 31.0 Å². The predicted octanol–water partition coefficient (Wildman–Crippen LogP) is 6.01. The fraction of sp³-hybridized carbons (Fsp3) is 0.273. The SMILES string of the molecule is [2H]C1([2H])CCCC1([2H])c1ccc2c(n1)oc1c(-c3ccc(C)cn3)cccc12. The molecule has 0 bridgehead atoms. The molecule has 3 heterocycles. The molecule has 25 heavy (non-hydrogen) atoms. The van der Waals surface area contributed by atoms with E-state index in [1.165, 1.54) is 0 Å². The monoisotopic (exact) mass is 331 g/mol. The minimum Gasteiger partial charge on any atom is -0.437 e. The van der Waals surface area contributed by atoms with Gasteiger partial charge < -0.3 is 4.42 Å². The van der Waals surface area contributed by atoms with Gasteiger partial charge in [-0.25, -0.2) is 4.98 Å². The van der Waals surface area contributed by atoms with E-state index in [2.05, 4.69) is 9.97 Å². The van der Waals surface area contributed by atoms with Gasteiger partial charge in [0.1, 0.15) is 5.58 Å². The molecule has 1 aromatic carbocycles. The lowest BCUT2D eigenvalue weighted by molar-refractivity contribution is 0.638. The van der Waals surface area contributed by atoms with Crippen LogP contribution in [-0.2, 0) is 0 Å². The number of hydrogen-bond acceptors (Lipinski definition) is 3. The number of furan rings is 1. The van der Waals surface area contributed by atoms with Crippen molar-refractivity contribution in [3.8, 4) is 11.3 Å². The lowest BCUT2D eigenvalue weighted by Gasteiger charge is -2.06.